The van der Waals surface area contributed by atoms with Gasteiger partial charge in [-0.05, 0) is 42.0 Å². The predicted octanol–water partition coefficient (Wildman–Crippen LogP) is 5.28. The Morgan fingerprint density at radius 1 is 0.857 bits per heavy atom. The van der Waals surface area contributed by atoms with Crippen molar-refractivity contribution < 1.29 is 17.6 Å². The summed E-state index contributed by atoms with van der Waals surface area (Å²) in [5.41, 5.74) is 1.67. The first kappa shape index (κ1) is 22.6. The van der Waals surface area contributed by atoms with E-state index in [1.165, 1.54) is 43.0 Å². The van der Waals surface area contributed by atoms with Crippen LogP contribution in [0.5, 0.6) is 0 Å². The van der Waals surface area contributed by atoms with Crippen LogP contribution in [-0.4, -0.2) is 24.5 Å². The van der Waals surface area contributed by atoms with Gasteiger partial charge >= 0.3 is 0 Å². The van der Waals surface area contributed by atoms with Crippen LogP contribution < -0.4 is 5.32 Å². The molecule has 0 radical (unpaired) electrons. The molecule has 0 aliphatic carbocycles. The van der Waals surface area contributed by atoms with Crippen LogP contribution in [0.4, 0.5) is 23.2 Å². The number of nitrogens with zero attached hydrogens (tertiary/aromatic N) is 5. The second kappa shape index (κ2) is 9.57. The number of nitrogens with one attached hydrogen (secondary N) is 1. The second-order valence-electron chi connectivity index (χ2n) is 8.16. The average molecular weight is 480 g/mol. The highest BCUT2D eigenvalue weighted by Crippen LogP contribution is 2.26. The molecule has 2 aromatic heterocycles. The lowest BCUT2D eigenvalue weighted by Crippen LogP contribution is -2.17. The summed E-state index contributed by atoms with van der Waals surface area (Å²) in [6.45, 7) is 0.613. The van der Waals surface area contributed by atoms with Gasteiger partial charge in [0.05, 0.1) is 12.1 Å². The van der Waals surface area contributed by atoms with Gasteiger partial charge in [0, 0.05) is 47.9 Å². The van der Waals surface area contributed by atoms with Crippen LogP contribution in [0.3, 0.4) is 0 Å². The van der Waals surface area contributed by atoms with Crippen LogP contribution in [0.25, 0.3) is 10.9 Å². The topological polar surface area (TPSA) is 60.6 Å². The highest BCUT2D eigenvalue weighted by molar-refractivity contribution is 5.82. The van der Waals surface area contributed by atoms with E-state index in [4.69, 9.17) is 0 Å². The lowest BCUT2D eigenvalue weighted by molar-refractivity contribution is 0.424. The molecule has 10 heteroatoms. The van der Waals surface area contributed by atoms with Gasteiger partial charge in [-0.15, -0.1) is 0 Å². The average Bonchev–Trinajstić information content (AvgIpc) is 3.47. The molecule has 0 saturated heterocycles. The van der Waals surface area contributed by atoms with Crippen molar-refractivity contribution in [1.82, 2.24) is 24.5 Å². The largest absolute Gasteiger partial charge is 0.381 e. The molecule has 0 spiro atoms. The summed E-state index contributed by atoms with van der Waals surface area (Å²) < 4.78 is 59.2. The highest BCUT2D eigenvalue weighted by atomic mass is 19.1. The molecule has 2 heterocycles. The van der Waals surface area contributed by atoms with E-state index < -0.39 is 29.2 Å². The summed E-state index contributed by atoms with van der Waals surface area (Å²) in [5.74, 6) is -2.91. The Morgan fingerprint density at radius 3 is 2.40 bits per heavy atom. The number of hydrogen-bond acceptors (Lipinski definition) is 4. The van der Waals surface area contributed by atoms with Gasteiger partial charge in [-0.25, -0.2) is 22.5 Å². The molecule has 1 N–H and O–H groups in total. The van der Waals surface area contributed by atoms with Crippen LogP contribution in [0.1, 0.15) is 17.0 Å². The van der Waals surface area contributed by atoms with E-state index >= 15 is 0 Å². The van der Waals surface area contributed by atoms with Gasteiger partial charge in [-0.2, -0.15) is 10.2 Å². The fourth-order valence-electron chi connectivity index (χ4n) is 4.04. The Morgan fingerprint density at radius 2 is 1.66 bits per heavy atom. The zero-order valence-electron chi connectivity index (χ0n) is 18.4. The molecule has 0 bridgehead atoms. The van der Waals surface area contributed by atoms with Gasteiger partial charge in [0.25, 0.3) is 0 Å². The van der Waals surface area contributed by atoms with Gasteiger partial charge in [0.15, 0.2) is 0 Å². The second-order valence-corrected chi connectivity index (χ2v) is 8.16. The normalized spacial score (nSPS) is 12.2. The molecular weight excluding hydrogens is 460 g/mol. The van der Waals surface area contributed by atoms with Crippen LogP contribution in [0.15, 0.2) is 73.4 Å². The third-order valence-electron chi connectivity index (χ3n) is 5.77. The predicted molar refractivity (Wildman–Crippen MR) is 123 cm³/mol. The third-order valence-corrected chi connectivity index (χ3v) is 5.77. The van der Waals surface area contributed by atoms with E-state index in [9.17, 15) is 17.6 Å². The summed E-state index contributed by atoms with van der Waals surface area (Å²) >= 11 is 0. The number of anilines is 1. The molecule has 0 saturated carbocycles. The van der Waals surface area contributed by atoms with E-state index in [2.05, 4.69) is 20.5 Å². The van der Waals surface area contributed by atoms with E-state index in [1.54, 1.807) is 27.7 Å². The zero-order valence-corrected chi connectivity index (χ0v) is 18.4. The number of halogens is 4. The molecular formula is C25H20F4N6. The fraction of sp³-hybridized carbons (Fsp3) is 0.160. The first-order valence-electron chi connectivity index (χ1n) is 10.9. The van der Waals surface area contributed by atoms with E-state index in [1.807, 2.05) is 6.07 Å². The van der Waals surface area contributed by atoms with Crippen molar-refractivity contribution in [3.8, 4) is 0 Å². The molecule has 178 valence electrons. The SMILES string of the molecule is Fc1ccc(C(Cn2cncn2)Cn2cc3cc(NCc4c(F)cccc4F)ccc3n2)c(F)c1. The minimum absolute atomic E-state index is 0.0119. The van der Waals surface area contributed by atoms with Gasteiger partial charge < -0.3 is 5.32 Å². The molecule has 35 heavy (non-hydrogen) atoms. The number of benzene rings is 3. The number of fused-ring (bicyclic) bond motifs is 1. The Labute approximate surface area is 197 Å². The molecule has 6 nitrogen and oxygen atoms in total. The Kier molecular flexibility index (Phi) is 6.17. The van der Waals surface area contributed by atoms with Crippen molar-refractivity contribution in [2.24, 2.45) is 0 Å². The Hall–Kier alpha value is -4.21. The molecule has 0 amide bonds. The quantitative estimate of drug-likeness (QED) is 0.307. The maximum Gasteiger partial charge on any atom is 0.137 e. The summed E-state index contributed by atoms with van der Waals surface area (Å²) in [4.78, 5) is 3.93. The monoisotopic (exact) mass is 480 g/mol. The lowest BCUT2D eigenvalue weighted by Gasteiger charge is -2.18. The summed E-state index contributed by atoms with van der Waals surface area (Å²) in [7, 11) is 0. The van der Waals surface area contributed by atoms with Crippen LogP contribution in [-0.2, 0) is 19.6 Å². The van der Waals surface area contributed by atoms with Crippen molar-refractivity contribution >= 4 is 16.6 Å². The summed E-state index contributed by atoms with van der Waals surface area (Å²) in [6.07, 6.45) is 4.73. The van der Waals surface area contributed by atoms with Crippen LogP contribution in [0, 0.1) is 23.3 Å². The lowest BCUT2D eigenvalue weighted by atomic mass is 9.98. The van der Waals surface area contributed by atoms with Crippen molar-refractivity contribution in [1.29, 1.82) is 0 Å². The summed E-state index contributed by atoms with van der Waals surface area (Å²) in [6, 6.07) is 12.6. The zero-order chi connectivity index (χ0) is 24.4. The van der Waals surface area contributed by atoms with Crippen LogP contribution in [0.2, 0.25) is 0 Å². The number of hydrogen-bond donors (Lipinski definition) is 1. The Balaban J connectivity index is 1.38. The van der Waals surface area contributed by atoms with Gasteiger partial charge in [0.1, 0.15) is 35.9 Å². The minimum atomic E-state index is -0.647. The van der Waals surface area contributed by atoms with E-state index in [0.29, 0.717) is 29.9 Å². The molecule has 5 aromatic rings. The molecule has 1 unspecified atom stereocenters. The van der Waals surface area contributed by atoms with Crippen molar-refractivity contribution in [3.05, 3.63) is 108 Å². The molecule has 0 aliphatic rings. The number of aromatic nitrogens is 5. The first-order valence-corrected chi connectivity index (χ1v) is 10.9. The summed E-state index contributed by atoms with van der Waals surface area (Å²) in [5, 5.41) is 12.5. The molecule has 5 rings (SSSR count). The van der Waals surface area contributed by atoms with Gasteiger partial charge in [-0.3, -0.25) is 9.36 Å². The fourth-order valence-corrected chi connectivity index (χ4v) is 4.04. The molecule has 3 aromatic carbocycles. The smallest absolute Gasteiger partial charge is 0.137 e. The van der Waals surface area contributed by atoms with Crippen molar-refractivity contribution in [3.63, 3.8) is 0 Å². The maximum absolute atomic E-state index is 14.6. The highest BCUT2D eigenvalue weighted by Gasteiger charge is 2.19. The third kappa shape index (κ3) is 5.01. The van der Waals surface area contributed by atoms with Crippen LogP contribution >= 0.6 is 0 Å². The van der Waals surface area contributed by atoms with Crippen molar-refractivity contribution in [2.45, 2.75) is 25.6 Å². The molecule has 0 fully saturated rings. The number of rotatable bonds is 8. The first-order chi connectivity index (χ1) is 17.0. The maximum atomic E-state index is 14.6. The van der Waals surface area contributed by atoms with Crippen molar-refractivity contribution in [2.75, 3.05) is 5.32 Å². The Bertz CT molecular complexity index is 1440. The van der Waals surface area contributed by atoms with E-state index in [-0.39, 0.29) is 12.1 Å². The standard InChI is InChI=1S/C25H20F4N6/c26-18-4-6-20(24(29)9-18)17(13-35-15-30-14-32-35)12-34-11-16-8-19(5-7-25(16)33-34)31-10-21-22(27)2-1-3-23(21)28/h1-9,11,14-15,17,31H,10,12-13H2. The van der Waals surface area contributed by atoms with Gasteiger partial charge in [-0.1, -0.05) is 12.1 Å². The van der Waals surface area contributed by atoms with E-state index in [0.717, 1.165) is 11.5 Å². The molecule has 0 aliphatic heterocycles. The van der Waals surface area contributed by atoms with Gasteiger partial charge in [0.2, 0.25) is 0 Å². The minimum Gasteiger partial charge on any atom is -0.381 e. The molecule has 1 atom stereocenters.